The molecule has 3 heteroatoms. The minimum absolute atomic E-state index is 0.146. The molecule has 0 aliphatic rings. The summed E-state index contributed by atoms with van der Waals surface area (Å²) >= 11 is 0. The van der Waals surface area contributed by atoms with Gasteiger partial charge in [-0.25, -0.2) is 0 Å². The molecule has 0 aliphatic carbocycles. The summed E-state index contributed by atoms with van der Waals surface area (Å²) in [6.45, 7) is 6.76. The Kier molecular flexibility index (Phi) is 6.10. The van der Waals surface area contributed by atoms with Crippen LogP contribution in [0.2, 0.25) is 0 Å². The molecule has 0 fully saturated rings. The zero-order chi connectivity index (χ0) is 13.4. The summed E-state index contributed by atoms with van der Waals surface area (Å²) in [5.41, 5.74) is 1.23. The van der Waals surface area contributed by atoms with Gasteiger partial charge < -0.3 is 4.74 Å². The Labute approximate surface area is 111 Å². The first-order valence-electron chi connectivity index (χ1n) is 7.04. The number of hydrogen-bond donors (Lipinski definition) is 0. The van der Waals surface area contributed by atoms with Crippen molar-refractivity contribution in [3.8, 4) is 5.88 Å². The number of ether oxygens (including phenoxy) is 1. The Morgan fingerprint density at radius 2 is 1.89 bits per heavy atom. The summed E-state index contributed by atoms with van der Waals surface area (Å²) in [4.78, 5) is 0. The van der Waals surface area contributed by atoms with E-state index in [1.165, 1.54) is 32.1 Å². The van der Waals surface area contributed by atoms with E-state index in [0.29, 0.717) is 5.88 Å². The average molecular weight is 250 g/mol. The van der Waals surface area contributed by atoms with E-state index in [9.17, 15) is 0 Å². The van der Waals surface area contributed by atoms with Crippen LogP contribution in [0.15, 0.2) is 12.1 Å². The van der Waals surface area contributed by atoms with Gasteiger partial charge in [0.05, 0.1) is 12.8 Å². The van der Waals surface area contributed by atoms with Crippen LogP contribution in [-0.4, -0.2) is 17.3 Å². The maximum absolute atomic E-state index is 5.05. The van der Waals surface area contributed by atoms with Crippen LogP contribution >= 0.6 is 0 Å². The van der Waals surface area contributed by atoms with E-state index in [0.717, 1.165) is 12.1 Å². The van der Waals surface area contributed by atoms with Crippen molar-refractivity contribution in [2.24, 2.45) is 0 Å². The molecule has 0 amide bonds. The molecule has 102 valence electrons. The van der Waals surface area contributed by atoms with Gasteiger partial charge in [-0.15, -0.1) is 5.10 Å². The molecule has 0 saturated carbocycles. The first-order chi connectivity index (χ1) is 8.66. The second kappa shape index (κ2) is 7.34. The lowest BCUT2D eigenvalue weighted by molar-refractivity contribution is 0.367. The molecule has 1 atom stereocenters. The average Bonchev–Trinajstić information content (AvgIpc) is 2.43. The smallest absolute Gasteiger partial charge is 0.233 e. The van der Waals surface area contributed by atoms with Crippen LogP contribution in [0, 0.1) is 0 Å². The van der Waals surface area contributed by atoms with Crippen LogP contribution in [0.3, 0.4) is 0 Å². The SMILES string of the molecule is CCCCCCC(C)(CC)c1ccc(OC)nn1. The summed E-state index contributed by atoms with van der Waals surface area (Å²) < 4.78 is 5.05. The molecule has 18 heavy (non-hydrogen) atoms. The second-order valence-corrected chi connectivity index (χ2v) is 5.19. The van der Waals surface area contributed by atoms with E-state index in [1.54, 1.807) is 7.11 Å². The first kappa shape index (κ1) is 14.9. The fraction of sp³-hybridized carbons (Fsp3) is 0.733. The molecular weight excluding hydrogens is 224 g/mol. The predicted octanol–water partition coefficient (Wildman–Crippen LogP) is 4.12. The summed E-state index contributed by atoms with van der Waals surface area (Å²) in [5, 5.41) is 8.40. The van der Waals surface area contributed by atoms with Gasteiger partial charge in [-0.2, -0.15) is 5.10 Å². The lowest BCUT2D eigenvalue weighted by atomic mass is 9.79. The van der Waals surface area contributed by atoms with Crippen molar-refractivity contribution < 1.29 is 4.74 Å². The highest BCUT2D eigenvalue weighted by Crippen LogP contribution is 2.32. The quantitative estimate of drug-likeness (QED) is 0.651. The van der Waals surface area contributed by atoms with Gasteiger partial charge in [-0.3, -0.25) is 0 Å². The van der Waals surface area contributed by atoms with Crippen LogP contribution in [0.4, 0.5) is 0 Å². The summed E-state index contributed by atoms with van der Waals surface area (Å²) in [5.74, 6) is 0.586. The zero-order valence-electron chi connectivity index (χ0n) is 12.2. The monoisotopic (exact) mass is 250 g/mol. The highest BCUT2D eigenvalue weighted by molar-refractivity contribution is 5.18. The topological polar surface area (TPSA) is 35.0 Å². The van der Waals surface area contributed by atoms with E-state index in [4.69, 9.17) is 4.74 Å². The third-order valence-electron chi connectivity index (χ3n) is 3.83. The molecule has 3 nitrogen and oxygen atoms in total. The Morgan fingerprint density at radius 1 is 1.11 bits per heavy atom. The highest BCUT2D eigenvalue weighted by atomic mass is 16.5. The van der Waals surface area contributed by atoms with Gasteiger partial charge in [-0.05, 0) is 18.9 Å². The Hall–Kier alpha value is -1.12. The number of rotatable bonds is 8. The molecule has 0 bridgehead atoms. The molecule has 0 aromatic carbocycles. The van der Waals surface area contributed by atoms with Crippen molar-refractivity contribution in [1.29, 1.82) is 0 Å². The molecule has 1 aromatic heterocycles. The van der Waals surface area contributed by atoms with Gasteiger partial charge in [0.2, 0.25) is 5.88 Å². The predicted molar refractivity (Wildman–Crippen MR) is 75.0 cm³/mol. The van der Waals surface area contributed by atoms with Gasteiger partial charge in [0, 0.05) is 11.5 Å². The lowest BCUT2D eigenvalue weighted by Gasteiger charge is -2.27. The molecule has 1 unspecified atom stereocenters. The molecule has 1 rings (SSSR count). The van der Waals surface area contributed by atoms with Crippen molar-refractivity contribution in [1.82, 2.24) is 10.2 Å². The Balaban J connectivity index is 2.66. The maximum Gasteiger partial charge on any atom is 0.233 e. The largest absolute Gasteiger partial charge is 0.480 e. The fourth-order valence-electron chi connectivity index (χ4n) is 2.18. The van der Waals surface area contributed by atoms with Crippen molar-refractivity contribution in [2.75, 3.05) is 7.11 Å². The van der Waals surface area contributed by atoms with Crippen molar-refractivity contribution in [2.45, 2.75) is 64.7 Å². The van der Waals surface area contributed by atoms with Crippen molar-refractivity contribution in [3.05, 3.63) is 17.8 Å². The van der Waals surface area contributed by atoms with Gasteiger partial charge in [-0.1, -0.05) is 46.5 Å². The summed E-state index contributed by atoms with van der Waals surface area (Å²) in [6, 6.07) is 3.96. The molecule has 0 aliphatic heterocycles. The molecule has 0 spiro atoms. The molecule has 0 radical (unpaired) electrons. The third kappa shape index (κ3) is 3.97. The van der Waals surface area contributed by atoms with Gasteiger partial charge in [0.15, 0.2) is 0 Å². The van der Waals surface area contributed by atoms with E-state index in [-0.39, 0.29) is 5.41 Å². The molecule has 1 aromatic rings. The Morgan fingerprint density at radius 3 is 2.39 bits per heavy atom. The number of aromatic nitrogens is 2. The molecule has 0 N–H and O–H groups in total. The third-order valence-corrected chi connectivity index (χ3v) is 3.83. The van der Waals surface area contributed by atoms with E-state index < -0.39 is 0 Å². The van der Waals surface area contributed by atoms with Crippen molar-refractivity contribution >= 4 is 0 Å². The van der Waals surface area contributed by atoms with Gasteiger partial charge in [0.25, 0.3) is 0 Å². The second-order valence-electron chi connectivity index (χ2n) is 5.19. The lowest BCUT2D eigenvalue weighted by Crippen LogP contribution is -2.23. The highest BCUT2D eigenvalue weighted by Gasteiger charge is 2.26. The molecule has 1 heterocycles. The van der Waals surface area contributed by atoms with Crippen molar-refractivity contribution in [3.63, 3.8) is 0 Å². The number of hydrogen-bond acceptors (Lipinski definition) is 3. The fourth-order valence-corrected chi connectivity index (χ4v) is 2.18. The number of methoxy groups -OCH3 is 1. The normalized spacial score (nSPS) is 14.2. The standard InChI is InChI=1S/C15H26N2O/c1-5-7-8-9-12-15(3,6-2)13-10-11-14(18-4)17-16-13/h10-11H,5-9,12H2,1-4H3. The van der Waals surface area contributed by atoms with E-state index in [1.807, 2.05) is 6.07 Å². The number of nitrogens with zero attached hydrogens (tertiary/aromatic N) is 2. The summed E-state index contributed by atoms with van der Waals surface area (Å²) in [7, 11) is 1.62. The van der Waals surface area contributed by atoms with Crippen LogP contribution in [0.5, 0.6) is 5.88 Å². The minimum atomic E-state index is 0.146. The summed E-state index contributed by atoms with van der Waals surface area (Å²) in [6.07, 6.45) is 7.48. The van der Waals surface area contributed by atoms with Gasteiger partial charge in [0.1, 0.15) is 0 Å². The zero-order valence-corrected chi connectivity index (χ0v) is 12.2. The Bertz CT molecular complexity index is 337. The maximum atomic E-state index is 5.05. The first-order valence-corrected chi connectivity index (χ1v) is 7.04. The van der Waals surface area contributed by atoms with Crippen LogP contribution in [0.1, 0.15) is 65.0 Å². The molecule has 0 saturated heterocycles. The number of unbranched alkanes of at least 4 members (excludes halogenated alkanes) is 3. The van der Waals surface area contributed by atoms with Gasteiger partial charge >= 0.3 is 0 Å². The van der Waals surface area contributed by atoms with Crippen LogP contribution in [-0.2, 0) is 5.41 Å². The minimum Gasteiger partial charge on any atom is -0.480 e. The van der Waals surface area contributed by atoms with E-state index >= 15 is 0 Å². The van der Waals surface area contributed by atoms with Crippen LogP contribution in [0.25, 0.3) is 0 Å². The molecular formula is C15H26N2O. The van der Waals surface area contributed by atoms with Crippen LogP contribution < -0.4 is 4.74 Å². The van der Waals surface area contributed by atoms with E-state index in [2.05, 4.69) is 37.0 Å².